The molecule has 0 unspecified atom stereocenters. The van der Waals surface area contributed by atoms with Crippen molar-refractivity contribution in [1.29, 1.82) is 0 Å². The molecule has 1 radical (unpaired) electrons. The summed E-state index contributed by atoms with van der Waals surface area (Å²) in [5.74, 6) is -0.250. The number of rotatable bonds is 4. The summed E-state index contributed by atoms with van der Waals surface area (Å²) in [6.45, 7) is 4.24. The summed E-state index contributed by atoms with van der Waals surface area (Å²) in [7, 11) is 0. The van der Waals surface area contributed by atoms with Crippen LogP contribution in [0, 0.1) is 6.42 Å². The molecule has 1 aromatic carbocycles. The fourth-order valence-electron chi connectivity index (χ4n) is 1.23. The second-order valence-corrected chi connectivity index (χ2v) is 3.03. The Balaban J connectivity index is 2.67. The van der Waals surface area contributed by atoms with E-state index in [1.54, 1.807) is 19.1 Å². The maximum absolute atomic E-state index is 11.3. The van der Waals surface area contributed by atoms with E-state index in [0.717, 1.165) is 6.42 Å². The highest BCUT2D eigenvalue weighted by Gasteiger charge is 2.04. The van der Waals surface area contributed by atoms with Crippen LogP contribution in [-0.4, -0.2) is 12.6 Å². The Labute approximate surface area is 84.9 Å². The normalized spacial score (nSPS) is 9.86. The molecule has 1 rings (SSSR count). The van der Waals surface area contributed by atoms with E-state index in [-0.39, 0.29) is 5.97 Å². The highest BCUT2D eigenvalue weighted by atomic mass is 16.5. The van der Waals surface area contributed by atoms with Crippen LogP contribution in [0.25, 0.3) is 0 Å². The molecule has 0 aliphatic rings. The molecule has 0 saturated carbocycles. The summed E-state index contributed by atoms with van der Waals surface area (Å²) in [4.78, 5) is 11.3. The van der Waals surface area contributed by atoms with Gasteiger partial charge in [0.15, 0.2) is 0 Å². The van der Waals surface area contributed by atoms with E-state index in [0.29, 0.717) is 12.2 Å². The zero-order chi connectivity index (χ0) is 10.4. The van der Waals surface area contributed by atoms with Crippen molar-refractivity contribution in [2.75, 3.05) is 6.61 Å². The molecule has 0 fully saturated rings. The Bertz CT molecular complexity index is 288. The molecule has 0 atom stereocenters. The van der Waals surface area contributed by atoms with Crippen molar-refractivity contribution in [1.82, 2.24) is 0 Å². The minimum absolute atomic E-state index is 0.250. The molecule has 0 aliphatic heterocycles. The van der Waals surface area contributed by atoms with Crippen LogP contribution in [0.5, 0.6) is 0 Å². The minimum Gasteiger partial charge on any atom is -0.462 e. The Morgan fingerprint density at radius 1 is 1.36 bits per heavy atom. The smallest absolute Gasteiger partial charge is 0.338 e. The van der Waals surface area contributed by atoms with Gasteiger partial charge in [-0.25, -0.2) is 4.79 Å². The summed E-state index contributed by atoms with van der Waals surface area (Å²) < 4.78 is 4.88. The van der Waals surface area contributed by atoms with Gasteiger partial charge >= 0.3 is 5.97 Å². The fraction of sp³-hybridized carbons (Fsp3) is 0.333. The summed E-state index contributed by atoms with van der Waals surface area (Å²) in [6, 6.07) is 7.51. The standard InChI is InChI=1S/C12H15O2/c1-3-5-10-6-8-11(9-7-10)12(13)14-4-2/h3,6-9H,4-5H2,1-2H3. The Hall–Kier alpha value is -1.31. The van der Waals surface area contributed by atoms with Gasteiger partial charge in [0, 0.05) is 0 Å². The quantitative estimate of drug-likeness (QED) is 0.684. The maximum Gasteiger partial charge on any atom is 0.338 e. The van der Waals surface area contributed by atoms with E-state index >= 15 is 0 Å². The number of carbonyl (C=O) groups excluding carboxylic acids is 1. The van der Waals surface area contributed by atoms with Crippen LogP contribution in [0.1, 0.15) is 29.8 Å². The van der Waals surface area contributed by atoms with Gasteiger partial charge in [-0.3, -0.25) is 0 Å². The second-order valence-electron chi connectivity index (χ2n) is 3.03. The van der Waals surface area contributed by atoms with E-state index in [1.165, 1.54) is 5.56 Å². The Kier molecular flexibility index (Phi) is 4.17. The molecule has 2 heteroatoms. The highest BCUT2D eigenvalue weighted by Crippen LogP contribution is 2.07. The largest absolute Gasteiger partial charge is 0.462 e. The molecular weight excluding hydrogens is 176 g/mol. The molecule has 75 valence electrons. The molecule has 0 amide bonds. The van der Waals surface area contributed by atoms with E-state index in [9.17, 15) is 4.79 Å². The van der Waals surface area contributed by atoms with Crippen molar-refractivity contribution in [2.45, 2.75) is 20.3 Å². The fourth-order valence-corrected chi connectivity index (χ4v) is 1.23. The lowest BCUT2D eigenvalue weighted by Gasteiger charge is -2.02. The number of hydrogen-bond donors (Lipinski definition) is 0. The molecular formula is C12H15O2. The van der Waals surface area contributed by atoms with Crippen LogP contribution in [-0.2, 0) is 11.2 Å². The number of benzene rings is 1. The third-order valence-corrected chi connectivity index (χ3v) is 1.90. The first kappa shape index (κ1) is 10.8. The predicted molar refractivity (Wildman–Crippen MR) is 56.1 cm³/mol. The van der Waals surface area contributed by atoms with Gasteiger partial charge in [0.25, 0.3) is 0 Å². The zero-order valence-corrected chi connectivity index (χ0v) is 8.62. The van der Waals surface area contributed by atoms with Gasteiger partial charge in [0.1, 0.15) is 0 Å². The van der Waals surface area contributed by atoms with Crippen LogP contribution >= 0.6 is 0 Å². The van der Waals surface area contributed by atoms with Crippen molar-refractivity contribution in [3.63, 3.8) is 0 Å². The number of carbonyl (C=O) groups is 1. The Morgan fingerprint density at radius 3 is 2.50 bits per heavy atom. The molecule has 2 nitrogen and oxygen atoms in total. The first-order valence-electron chi connectivity index (χ1n) is 4.81. The van der Waals surface area contributed by atoms with Crippen LogP contribution in [0.2, 0.25) is 0 Å². The summed E-state index contributed by atoms with van der Waals surface area (Å²) in [6.07, 6.45) is 3.02. The van der Waals surface area contributed by atoms with Crippen molar-refractivity contribution in [3.8, 4) is 0 Å². The number of esters is 1. The van der Waals surface area contributed by atoms with E-state index in [2.05, 4.69) is 6.42 Å². The van der Waals surface area contributed by atoms with E-state index in [1.807, 2.05) is 19.1 Å². The van der Waals surface area contributed by atoms with Gasteiger partial charge in [0.05, 0.1) is 12.2 Å². The summed E-state index contributed by atoms with van der Waals surface area (Å²) in [5, 5.41) is 0. The van der Waals surface area contributed by atoms with E-state index in [4.69, 9.17) is 4.74 Å². The van der Waals surface area contributed by atoms with E-state index < -0.39 is 0 Å². The van der Waals surface area contributed by atoms with Crippen molar-refractivity contribution in [3.05, 3.63) is 41.8 Å². The molecule has 0 N–H and O–H groups in total. The summed E-state index contributed by atoms with van der Waals surface area (Å²) in [5.41, 5.74) is 1.83. The summed E-state index contributed by atoms with van der Waals surface area (Å²) >= 11 is 0. The van der Waals surface area contributed by atoms with Gasteiger partial charge in [0.2, 0.25) is 0 Å². The molecule has 0 aromatic heterocycles. The second kappa shape index (κ2) is 5.43. The molecule has 1 aromatic rings. The topological polar surface area (TPSA) is 26.3 Å². The van der Waals surface area contributed by atoms with Crippen molar-refractivity contribution in [2.24, 2.45) is 0 Å². The maximum atomic E-state index is 11.3. The molecule has 0 bridgehead atoms. The minimum atomic E-state index is -0.250. The zero-order valence-electron chi connectivity index (χ0n) is 8.62. The van der Waals surface area contributed by atoms with Gasteiger partial charge in [-0.15, -0.1) is 0 Å². The predicted octanol–water partition coefficient (Wildman–Crippen LogP) is 2.63. The third kappa shape index (κ3) is 2.87. The van der Waals surface area contributed by atoms with Gasteiger partial charge < -0.3 is 4.74 Å². The molecule has 0 spiro atoms. The SMILES string of the molecule is C[CH]Cc1ccc(C(=O)OCC)cc1. The lowest BCUT2D eigenvalue weighted by molar-refractivity contribution is 0.0526. The highest BCUT2D eigenvalue weighted by molar-refractivity contribution is 5.89. The average Bonchev–Trinajstić information content (AvgIpc) is 2.20. The lowest BCUT2D eigenvalue weighted by Crippen LogP contribution is -2.04. The Morgan fingerprint density at radius 2 is 2.00 bits per heavy atom. The monoisotopic (exact) mass is 191 g/mol. The van der Waals surface area contributed by atoms with Crippen LogP contribution in [0.4, 0.5) is 0 Å². The van der Waals surface area contributed by atoms with Crippen molar-refractivity contribution >= 4 is 5.97 Å². The molecule has 14 heavy (non-hydrogen) atoms. The molecule has 0 saturated heterocycles. The number of hydrogen-bond acceptors (Lipinski definition) is 2. The average molecular weight is 191 g/mol. The number of ether oxygens (including phenoxy) is 1. The van der Waals surface area contributed by atoms with Gasteiger partial charge in [-0.05, 0) is 37.5 Å². The van der Waals surface area contributed by atoms with Crippen molar-refractivity contribution < 1.29 is 9.53 Å². The first-order valence-corrected chi connectivity index (χ1v) is 4.81. The molecule has 0 heterocycles. The lowest BCUT2D eigenvalue weighted by atomic mass is 10.1. The first-order chi connectivity index (χ1) is 6.77. The molecule has 0 aliphatic carbocycles. The van der Waals surface area contributed by atoms with Gasteiger partial charge in [-0.1, -0.05) is 19.1 Å². The van der Waals surface area contributed by atoms with Crippen LogP contribution < -0.4 is 0 Å². The third-order valence-electron chi connectivity index (χ3n) is 1.90. The van der Waals surface area contributed by atoms with Gasteiger partial charge in [-0.2, -0.15) is 0 Å². The van der Waals surface area contributed by atoms with Crippen LogP contribution in [0.3, 0.4) is 0 Å². The van der Waals surface area contributed by atoms with Crippen LogP contribution in [0.15, 0.2) is 24.3 Å².